The van der Waals surface area contributed by atoms with Crippen molar-refractivity contribution < 1.29 is 9.53 Å². The van der Waals surface area contributed by atoms with Gasteiger partial charge < -0.3 is 20.7 Å². The molecule has 0 heterocycles. The van der Waals surface area contributed by atoms with Gasteiger partial charge in [0.2, 0.25) is 0 Å². The molecule has 5 heteroatoms. The Balaban J connectivity index is 2.44. The Labute approximate surface area is 133 Å². The highest BCUT2D eigenvalue weighted by molar-refractivity contribution is 5.95. The third-order valence-electron chi connectivity index (χ3n) is 3.38. The van der Waals surface area contributed by atoms with E-state index in [0.717, 1.165) is 19.4 Å². The number of nitrogen functional groups attached to an aromatic ring is 1. The number of carbonyl (C=O) groups is 1. The van der Waals surface area contributed by atoms with Crippen LogP contribution in [0.5, 0.6) is 5.75 Å². The number of carbonyl (C=O) groups excluding carboxylic acids is 1. The van der Waals surface area contributed by atoms with Gasteiger partial charge in [0, 0.05) is 18.7 Å². The van der Waals surface area contributed by atoms with Crippen LogP contribution in [0.1, 0.15) is 43.0 Å². The maximum atomic E-state index is 12.0. The summed E-state index contributed by atoms with van der Waals surface area (Å²) in [5.41, 5.74) is 7.03. The fourth-order valence-electron chi connectivity index (χ4n) is 2.02. The summed E-state index contributed by atoms with van der Waals surface area (Å²) in [6.45, 7) is 4.27. The minimum absolute atomic E-state index is 0.0805. The van der Waals surface area contributed by atoms with Crippen molar-refractivity contribution in [2.75, 3.05) is 39.5 Å². The molecule has 1 rings (SSSR count). The van der Waals surface area contributed by atoms with Gasteiger partial charge in [-0.1, -0.05) is 26.2 Å². The number of rotatable bonds is 10. The highest BCUT2D eigenvalue weighted by atomic mass is 16.5. The molecule has 0 unspecified atom stereocenters. The summed E-state index contributed by atoms with van der Waals surface area (Å²) in [5.74, 6) is 0.546. The lowest BCUT2D eigenvalue weighted by Crippen LogP contribution is -2.24. The van der Waals surface area contributed by atoms with Crippen molar-refractivity contribution in [1.82, 2.24) is 10.2 Å². The molecular formula is C17H29N3O2. The van der Waals surface area contributed by atoms with Gasteiger partial charge in [-0.2, -0.15) is 0 Å². The van der Waals surface area contributed by atoms with E-state index in [0.29, 0.717) is 30.2 Å². The van der Waals surface area contributed by atoms with Gasteiger partial charge >= 0.3 is 0 Å². The summed E-state index contributed by atoms with van der Waals surface area (Å²) in [7, 11) is 3.97. The zero-order valence-electron chi connectivity index (χ0n) is 14.0. The molecule has 0 fully saturated rings. The lowest BCUT2D eigenvalue weighted by Gasteiger charge is -2.13. The van der Waals surface area contributed by atoms with Gasteiger partial charge in [0.15, 0.2) is 0 Å². The summed E-state index contributed by atoms with van der Waals surface area (Å²) in [6, 6.07) is 5.19. The third-order valence-corrected chi connectivity index (χ3v) is 3.38. The highest BCUT2D eigenvalue weighted by Gasteiger charge is 2.08. The van der Waals surface area contributed by atoms with Gasteiger partial charge in [0.25, 0.3) is 5.91 Å². The predicted molar refractivity (Wildman–Crippen MR) is 91.4 cm³/mol. The smallest absolute Gasteiger partial charge is 0.251 e. The number of amides is 1. The molecule has 0 aliphatic carbocycles. The van der Waals surface area contributed by atoms with Crippen molar-refractivity contribution in [1.29, 1.82) is 0 Å². The van der Waals surface area contributed by atoms with Gasteiger partial charge in [-0.25, -0.2) is 0 Å². The highest BCUT2D eigenvalue weighted by Crippen LogP contribution is 2.22. The average Bonchev–Trinajstić information content (AvgIpc) is 2.48. The van der Waals surface area contributed by atoms with Crippen LogP contribution in [0.25, 0.3) is 0 Å². The normalized spacial score (nSPS) is 10.7. The molecule has 0 aliphatic rings. The summed E-state index contributed by atoms with van der Waals surface area (Å²) >= 11 is 0. The van der Waals surface area contributed by atoms with E-state index in [4.69, 9.17) is 10.5 Å². The summed E-state index contributed by atoms with van der Waals surface area (Å²) in [4.78, 5) is 14.1. The number of hydrogen-bond donors (Lipinski definition) is 2. The topological polar surface area (TPSA) is 67.6 Å². The number of nitrogens with zero attached hydrogens (tertiary/aromatic N) is 1. The molecule has 5 nitrogen and oxygen atoms in total. The Hall–Kier alpha value is -1.75. The number of ether oxygens (including phenoxy) is 1. The van der Waals surface area contributed by atoms with Gasteiger partial charge in [0.05, 0.1) is 5.69 Å². The van der Waals surface area contributed by atoms with Crippen LogP contribution in [-0.2, 0) is 0 Å². The molecule has 1 aromatic carbocycles. The molecule has 0 atom stereocenters. The van der Waals surface area contributed by atoms with Gasteiger partial charge in [-0.3, -0.25) is 4.79 Å². The predicted octanol–water partition coefficient (Wildman–Crippen LogP) is 2.52. The number of likely N-dealkylation sites (N-methyl/N-ethyl adjacent to an activating group) is 1. The van der Waals surface area contributed by atoms with Crippen molar-refractivity contribution in [3.63, 3.8) is 0 Å². The average molecular weight is 307 g/mol. The second-order valence-electron chi connectivity index (χ2n) is 5.72. The Morgan fingerprint density at radius 3 is 2.68 bits per heavy atom. The Kier molecular flexibility index (Phi) is 8.36. The first-order valence-electron chi connectivity index (χ1n) is 7.99. The van der Waals surface area contributed by atoms with E-state index in [1.807, 2.05) is 19.0 Å². The monoisotopic (exact) mass is 307 g/mol. The van der Waals surface area contributed by atoms with Crippen LogP contribution in [0.3, 0.4) is 0 Å². The van der Waals surface area contributed by atoms with Crippen LogP contribution < -0.4 is 15.8 Å². The first kappa shape index (κ1) is 18.3. The zero-order chi connectivity index (χ0) is 16.4. The second kappa shape index (κ2) is 10.1. The number of nitrogens with one attached hydrogen (secondary N) is 1. The summed E-state index contributed by atoms with van der Waals surface area (Å²) in [5, 5.41) is 2.92. The van der Waals surface area contributed by atoms with Crippen LogP contribution in [0.2, 0.25) is 0 Å². The molecule has 0 aromatic heterocycles. The van der Waals surface area contributed by atoms with Crippen molar-refractivity contribution in [3.8, 4) is 5.75 Å². The van der Waals surface area contributed by atoms with Crippen molar-refractivity contribution in [3.05, 3.63) is 23.8 Å². The third kappa shape index (κ3) is 6.80. The van der Waals surface area contributed by atoms with E-state index in [1.165, 1.54) is 12.8 Å². The van der Waals surface area contributed by atoms with Crippen LogP contribution in [0, 0.1) is 0 Å². The van der Waals surface area contributed by atoms with E-state index in [9.17, 15) is 4.79 Å². The minimum atomic E-state index is -0.0805. The van der Waals surface area contributed by atoms with Crippen molar-refractivity contribution in [2.24, 2.45) is 0 Å². The molecule has 1 amide bonds. The number of benzene rings is 1. The van der Waals surface area contributed by atoms with E-state index in [2.05, 4.69) is 12.2 Å². The zero-order valence-corrected chi connectivity index (χ0v) is 14.0. The van der Waals surface area contributed by atoms with Crippen molar-refractivity contribution in [2.45, 2.75) is 32.6 Å². The van der Waals surface area contributed by atoms with E-state index < -0.39 is 0 Å². The van der Waals surface area contributed by atoms with Crippen LogP contribution in [-0.4, -0.2) is 44.6 Å². The first-order chi connectivity index (χ1) is 10.5. The SMILES string of the molecule is CCCCCCNC(=O)c1ccc(OCCN(C)C)c(N)c1. The molecule has 22 heavy (non-hydrogen) atoms. The number of anilines is 1. The van der Waals surface area contributed by atoms with Crippen molar-refractivity contribution >= 4 is 11.6 Å². The van der Waals surface area contributed by atoms with E-state index in [-0.39, 0.29) is 5.91 Å². The van der Waals surface area contributed by atoms with E-state index in [1.54, 1.807) is 18.2 Å². The molecule has 0 aliphatic heterocycles. The summed E-state index contributed by atoms with van der Waals surface area (Å²) < 4.78 is 5.61. The molecule has 0 bridgehead atoms. The maximum absolute atomic E-state index is 12.0. The molecule has 0 saturated carbocycles. The van der Waals surface area contributed by atoms with Crippen LogP contribution in [0.4, 0.5) is 5.69 Å². The standard InChI is InChI=1S/C17H29N3O2/c1-4-5-6-7-10-19-17(21)14-8-9-16(15(18)13-14)22-12-11-20(2)3/h8-9,13H,4-7,10-12,18H2,1-3H3,(H,19,21). The Bertz CT molecular complexity index is 461. The minimum Gasteiger partial charge on any atom is -0.490 e. The number of hydrogen-bond acceptors (Lipinski definition) is 4. The van der Waals surface area contributed by atoms with Gasteiger partial charge in [0.1, 0.15) is 12.4 Å². The van der Waals surface area contributed by atoms with Crippen LogP contribution >= 0.6 is 0 Å². The van der Waals surface area contributed by atoms with Gasteiger partial charge in [-0.15, -0.1) is 0 Å². The Morgan fingerprint density at radius 2 is 2.05 bits per heavy atom. The second-order valence-corrected chi connectivity index (χ2v) is 5.72. The molecule has 3 N–H and O–H groups in total. The molecule has 0 saturated heterocycles. The summed E-state index contributed by atoms with van der Waals surface area (Å²) in [6.07, 6.45) is 4.57. The quantitative estimate of drug-likeness (QED) is 0.515. The number of nitrogens with two attached hydrogens (primary N) is 1. The molecular weight excluding hydrogens is 278 g/mol. The molecule has 0 radical (unpaired) electrons. The lowest BCUT2D eigenvalue weighted by molar-refractivity contribution is 0.0953. The molecule has 1 aromatic rings. The Morgan fingerprint density at radius 1 is 1.27 bits per heavy atom. The van der Waals surface area contributed by atoms with Gasteiger partial charge in [-0.05, 0) is 38.7 Å². The number of unbranched alkanes of at least 4 members (excludes halogenated alkanes) is 3. The largest absolute Gasteiger partial charge is 0.490 e. The first-order valence-corrected chi connectivity index (χ1v) is 7.99. The van der Waals surface area contributed by atoms with E-state index >= 15 is 0 Å². The lowest BCUT2D eigenvalue weighted by atomic mass is 10.1. The molecule has 124 valence electrons. The van der Waals surface area contributed by atoms with Crippen LogP contribution in [0.15, 0.2) is 18.2 Å². The fourth-order valence-corrected chi connectivity index (χ4v) is 2.02. The fraction of sp³-hybridized carbons (Fsp3) is 0.588. The molecule has 0 spiro atoms. The maximum Gasteiger partial charge on any atom is 0.251 e.